The first-order chi connectivity index (χ1) is 17.8. The molecule has 0 bridgehead atoms. The number of amides is 2. The lowest BCUT2D eigenvalue weighted by Crippen LogP contribution is -2.19. The van der Waals surface area contributed by atoms with Crippen molar-refractivity contribution in [3.05, 3.63) is 88.4 Å². The summed E-state index contributed by atoms with van der Waals surface area (Å²) >= 11 is 0. The molecule has 0 saturated heterocycles. The lowest BCUT2D eigenvalue weighted by atomic mass is 9.86. The number of carbonyl (C=O) groups excluding carboxylic acids is 2. The van der Waals surface area contributed by atoms with Crippen LogP contribution < -0.4 is 11.1 Å². The second-order valence-corrected chi connectivity index (χ2v) is 9.29. The van der Waals surface area contributed by atoms with Gasteiger partial charge in [-0.2, -0.15) is 23.5 Å². The number of nitrogens with zero attached hydrogens (tertiary/aromatic N) is 4. The average molecular weight is 521 g/mol. The van der Waals surface area contributed by atoms with Crippen molar-refractivity contribution in [2.75, 3.05) is 5.32 Å². The molecule has 2 aromatic carbocycles. The van der Waals surface area contributed by atoms with Gasteiger partial charge in [-0.05, 0) is 44.0 Å². The van der Waals surface area contributed by atoms with Gasteiger partial charge in [0, 0.05) is 5.39 Å². The minimum Gasteiger partial charge on any atom is -0.366 e. The molecule has 4 rings (SSSR count). The molecule has 11 heteroatoms. The number of pyridine rings is 1. The third-order valence-corrected chi connectivity index (χ3v) is 6.22. The number of rotatable bonds is 6. The quantitative estimate of drug-likeness (QED) is 0.372. The smallest absolute Gasteiger partial charge is 0.366 e. The van der Waals surface area contributed by atoms with Gasteiger partial charge < -0.3 is 11.1 Å². The zero-order valence-electron chi connectivity index (χ0n) is 20.7. The van der Waals surface area contributed by atoms with Crippen LogP contribution in [0.2, 0.25) is 0 Å². The largest absolute Gasteiger partial charge is 0.437 e. The molecule has 2 heterocycles. The number of alkyl halides is 3. The maximum absolute atomic E-state index is 13.9. The number of nitrogens with two attached hydrogens (primary N) is 1. The van der Waals surface area contributed by atoms with Gasteiger partial charge in [-0.25, -0.2) is 4.98 Å². The Kier molecular flexibility index (Phi) is 6.67. The molecule has 0 aliphatic heterocycles. The van der Waals surface area contributed by atoms with Crippen molar-refractivity contribution in [3.63, 3.8) is 0 Å². The van der Waals surface area contributed by atoms with E-state index < -0.39 is 34.8 Å². The first-order valence-electron chi connectivity index (χ1n) is 11.5. The summed E-state index contributed by atoms with van der Waals surface area (Å²) in [5, 5.41) is 15.7. The maximum atomic E-state index is 13.9. The summed E-state index contributed by atoms with van der Waals surface area (Å²) in [6.45, 7) is 4.94. The number of carbonyl (C=O) groups is 2. The minimum atomic E-state index is -4.85. The molecule has 38 heavy (non-hydrogen) atoms. The second kappa shape index (κ2) is 9.63. The molecule has 0 fully saturated rings. The predicted octanol–water partition coefficient (Wildman–Crippen LogP) is 4.96. The lowest BCUT2D eigenvalue weighted by Gasteiger charge is -2.16. The zero-order chi connectivity index (χ0) is 27.8. The topological polar surface area (TPSA) is 127 Å². The predicted molar refractivity (Wildman–Crippen MR) is 134 cm³/mol. The van der Waals surface area contributed by atoms with Crippen LogP contribution in [0.1, 0.15) is 57.2 Å². The Morgan fingerprint density at radius 1 is 1.11 bits per heavy atom. The molecule has 8 nitrogen and oxygen atoms in total. The van der Waals surface area contributed by atoms with E-state index in [0.717, 1.165) is 16.3 Å². The van der Waals surface area contributed by atoms with Crippen molar-refractivity contribution in [1.29, 1.82) is 5.26 Å². The van der Waals surface area contributed by atoms with E-state index in [1.165, 1.54) is 6.92 Å². The van der Waals surface area contributed by atoms with Crippen LogP contribution in [-0.4, -0.2) is 26.6 Å². The molecule has 0 radical (unpaired) electrons. The molecule has 0 spiro atoms. The van der Waals surface area contributed by atoms with E-state index in [0.29, 0.717) is 16.5 Å². The van der Waals surface area contributed by atoms with Crippen molar-refractivity contribution in [2.45, 2.75) is 38.9 Å². The number of primary amides is 1. The van der Waals surface area contributed by atoms with E-state index >= 15 is 0 Å². The number of hydrogen-bond donors (Lipinski definition) is 2. The summed E-state index contributed by atoms with van der Waals surface area (Å²) in [4.78, 5) is 29.2. The minimum absolute atomic E-state index is 0.00189. The SMILES string of the molecule is Cc1c(NC(=O)c2cc(C(N)=O)c3ccccc3n2)c(C(F)(F)F)nn1Cc1ccc(C(C)(C)C#N)cc1. The van der Waals surface area contributed by atoms with Gasteiger partial charge in [0.15, 0.2) is 5.69 Å². The first kappa shape index (κ1) is 26.3. The van der Waals surface area contributed by atoms with Crippen molar-refractivity contribution in [1.82, 2.24) is 14.8 Å². The van der Waals surface area contributed by atoms with Gasteiger partial charge in [0.05, 0.1) is 40.5 Å². The highest BCUT2D eigenvalue weighted by Gasteiger charge is 2.39. The first-order valence-corrected chi connectivity index (χ1v) is 11.5. The van der Waals surface area contributed by atoms with Gasteiger partial charge in [-0.3, -0.25) is 14.3 Å². The highest BCUT2D eigenvalue weighted by molar-refractivity contribution is 6.10. The van der Waals surface area contributed by atoms with E-state index in [1.54, 1.807) is 62.4 Å². The summed E-state index contributed by atoms with van der Waals surface area (Å²) in [5.74, 6) is -1.75. The molecular weight excluding hydrogens is 497 g/mol. The van der Waals surface area contributed by atoms with Crippen LogP contribution >= 0.6 is 0 Å². The summed E-state index contributed by atoms with van der Waals surface area (Å²) in [5.41, 5.74) is 4.49. The molecule has 194 valence electrons. The number of halogens is 3. The van der Waals surface area contributed by atoms with Gasteiger partial charge >= 0.3 is 6.18 Å². The van der Waals surface area contributed by atoms with Gasteiger partial charge in [0.2, 0.25) is 5.91 Å². The normalized spacial score (nSPS) is 11.8. The summed E-state index contributed by atoms with van der Waals surface area (Å²) in [7, 11) is 0. The Labute approximate surface area is 215 Å². The van der Waals surface area contributed by atoms with Crippen molar-refractivity contribution < 1.29 is 22.8 Å². The van der Waals surface area contributed by atoms with Crippen molar-refractivity contribution in [3.8, 4) is 6.07 Å². The van der Waals surface area contributed by atoms with E-state index in [9.17, 15) is 28.0 Å². The maximum Gasteiger partial charge on any atom is 0.437 e. The van der Waals surface area contributed by atoms with Crippen LogP contribution in [0.25, 0.3) is 10.9 Å². The van der Waals surface area contributed by atoms with Crippen LogP contribution in [0.4, 0.5) is 18.9 Å². The van der Waals surface area contributed by atoms with Crippen LogP contribution in [0, 0.1) is 18.3 Å². The molecule has 4 aromatic rings. The Morgan fingerprint density at radius 2 is 1.76 bits per heavy atom. The fraction of sp³-hybridized carbons (Fsp3) is 0.222. The lowest BCUT2D eigenvalue weighted by molar-refractivity contribution is -0.140. The highest BCUT2D eigenvalue weighted by Crippen LogP contribution is 2.36. The standard InChI is InChI=1S/C27H23F3N6O2/c1-15-22(34-25(38)21-12-19(24(32)37)18-6-4-5-7-20(18)33-21)23(27(28,29)30)35-36(15)13-16-8-10-17(11-9-16)26(2,3)14-31/h4-12H,13H2,1-3H3,(H2,32,37)(H,34,38). The summed E-state index contributed by atoms with van der Waals surface area (Å²) in [6, 6.07) is 16.7. The number of nitrogens with one attached hydrogen (secondary N) is 1. The van der Waals surface area contributed by atoms with E-state index in [2.05, 4.69) is 21.5 Å². The van der Waals surface area contributed by atoms with E-state index in [-0.39, 0.29) is 23.5 Å². The Hall–Kier alpha value is -4.72. The molecule has 0 saturated carbocycles. The fourth-order valence-electron chi connectivity index (χ4n) is 3.99. The number of para-hydroxylation sites is 1. The van der Waals surface area contributed by atoms with Crippen LogP contribution in [0.3, 0.4) is 0 Å². The molecule has 2 amide bonds. The van der Waals surface area contributed by atoms with Crippen LogP contribution in [-0.2, 0) is 18.1 Å². The number of nitriles is 1. The Bertz CT molecular complexity index is 1600. The Balaban J connectivity index is 1.69. The van der Waals surface area contributed by atoms with Gasteiger partial charge in [0.1, 0.15) is 5.69 Å². The van der Waals surface area contributed by atoms with Gasteiger partial charge in [0.25, 0.3) is 5.91 Å². The molecule has 0 atom stereocenters. The van der Waals surface area contributed by atoms with Crippen molar-refractivity contribution in [2.24, 2.45) is 5.73 Å². The molecule has 0 unspecified atom stereocenters. The van der Waals surface area contributed by atoms with E-state index in [1.807, 2.05) is 0 Å². The highest BCUT2D eigenvalue weighted by atomic mass is 19.4. The molecular formula is C27H23F3N6O2. The molecule has 3 N–H and O–H groups in total. The van der Waals surface area contributed by atoms with E-state index in [4.69, 9.17) is 5.73 Å². The fourth-order valence-corrected chi connectivity index (χ4v) is 3.99. The third-order valence-electron chi connectivity index (χ3n) is 6.22. The number of benzene rings is 2. The van der Waals surface area contributed by atoms with Crippen LogP contribution in [0.15, 0.2) is 54.6 Å². The zero-order valence-corrected chi connectivity index (χ0v) is 20.7. The summed E-state index contributed by atoms with van der Waals surface area (Å²) in [6.07, 6.45) is -4.85. The molecule has 0 aliphatic rings. The number of aromatic nitrogens is 3. The third kappa shape index (κ3) is 5.06. The number of anilines is 1. The Morgan fingerprint density at radius 3 is 2.37 bits per heavy atom. The monoisotopic (exact) mass is 520 g/mol. The van der Waals surface area contributed by atoms with Crippen LogP contribution in [0.5, 0.6) is 0 Å². The van der Waals surface area contributed by atoms with Gasteiger partial charge in [-0.1, -0.05) is 42.5 Å². The summed E-state index contributed by atoms with van der Waals surface area (Å²) < 4.78 is 42.8. The van der Waals surface area contributed by atoms with Crippen molar-refractivity contribution >= 4 is 28.4 Å². The van der Waals surface area contributed by atoms with Gasteiger partial charge in [-0.15, -0.1) is 0 Å². The average Bonchev–Trinajstić information content (AvgIpc) is 3.18. The second-order valence-electron chi connectivity index (χ2n) is 9.29. The number of hydrogen-bond acceptors (Lipinski definition) is 5. The molecule has 2 aromatic heterocycles. The number of fused-ring (bicyclic) bond motifs is 1. The molecule has 0 aliphatic carbocycles.